The minimum atomic E-state index is -0.231. The van der Waals surface area contributed by atoms with Crippen molar-refractivity contribution in [1.82, 2.24) is 14.8 Å². The largest absolute Gasteiger partial charge is 0.277 e. The van der Waals surface area contributed by atoms with Gasteiger partial charge in [0.05, 0.1) is 5.69 Å². The Balaban J connectivity index is 1.78. The Kier molecular flexibility index (Phi) is 4.22. The van der Waals surface area contributed by atoms with Crippen LogP contribution < -0.4 is 0 Å². The summed E-state index contributed by atoms with van der Waals surface area (Å²) in [4.78, 5) is 0. The van der Waals surface area contributed by atoms with Crippen LogP contribution in [0.3, 0.4) is 0 Å². The Morgan fingerprint density at radius 2 is 1.95 bits per heavy atom. The van der Waals surface area contributed by atoms with Crippen LogP contribution in [0.25, 0.3) is 5.69 Å². The quantitative estimate of drug-likeness (QED) is 0.670. The van der Waals surface area contributed by atoms with E-state index in [-0.39, 0.29) is 5.82 Å². The van der Waals surface area contributed by atoms with Crippen molar-refractivity contribution >= 4 is 23.4 Å². The molecule has 3 rings (SSSR count). The standard InChI is InChI=1S/C15H11ClFN3S/c16-12-2-1-3-14(8-12)20-10-18-19-15(20)21-9-11-4-6-13(17)7-5-11/h1-8,10H,9H2. The molecule has 0 fully saturated rings. The molecule has 106 valence electrons. The smallest absolute Gasteiger partial charge is 0.195 e. The van der Waals surface area contributed by atoms with Gasteiger partial charge in [0, 0.05) is 10.8 Å². The second-order valence-corrected chi connectivity index (χ2v) is 5.76. The fraction of sp³-hybridized carbons (Fsp3) is 0.0667. The summed E-state index contributed by atoms with van der Waals surface area (Å²) < 4.78 is 14.8. The van der Waals surface area contributed by atoms with E-state index in [0.717, 1.165) is 16.4 Å². The zero-order valence-electron chi connectivity index (χ0n) is 10.9. The maximum Gasteiger partial charge on any atom is 0.195 e. The van der Waals surface area contributed by atoms with E-state index in [9.17, 15) is 4.39 Å². The molecule has 1 heterocycles. The minimum absolute atomic E-state index is 0.231. The van der Waals surface area contributed by atoms with E-state index in [0.29, 0.717) is 10.8 Å². The fourth-order valence-corrected chi connectivity index (χ4v) is 2.92. The number of thioether (sulfide) groups is 1. The van der Waals surface area contributed by atoms with Gasteiger partial charge in [-0.1, -0.05) is 41.6 Å². The van der Waals surface area contributed by atoms with Gasteiger partial charge >= 0.3 is 0 Å². The van der Waals surface area contributed by atoms with Crippen LogP contribution in [0.4, 0.5) is 4.39 Å². The molecule has 3 aromatic rings. The van der Waals surface area contributed by atoms with E-state index < -0.39 is 0 Å². The molecule has 0 aliphatic heterocycles. The van der Waals surface area contributed by atoms with Crippen LogP contribution in [0.1, 0.15) is 5.56 Å². The highest BCUT2D eigenvalue weighted by atomic mass is 35.5. The molecule has 0 radical (unpaired) electrons. The van der Waals surface area contributed by atoms with Crippen molar-refractivity contribution < 1.29 is 4.39 Å². The summed E-state index contributed by atoms with van der Waals surface area (Å²) in [5.41, 5.74) is 1.94. The normalized spacial score (nSPS) is 10.8. The van der Waals surface area contributed by atoms with Gasteiger partial charge in [0.1, 0.15) is 12.1 Å². The van der Waals surface area contributed by atoms with Gasteiger partial charge in [0.2, 0.25) is 0 Å². The summed E-state index contributed by atoms with van der Waals surface area (Å²) in [6.45, 7) is 0. The molecule has 0 atom stereocenters. The molecule has 0 aliphatic rings. The summed E-state index contributed by atoms with van der Waals surface area (Å²) in [5.74, 6) is 0.463. The second kappa shape index (κ2) is 6.28. The topological polar surface area (TPSA) is 30.7 Å². The Morgan fingerprint density at radius 1 is 1.14 bits per heavy atom. The molecule has 0 spiro atoms. The summed E-state index contributed by atoms with van der Waals surface area (Å²) in [7, 11) is 0. The third-order valence-corrected chi connectivity index (χ3v) is 4.13. The SMILES string of the molecule is Fc1ccc(CSc2nncn2-c2cccc(Cl)c2)cc1. The van der Waals surface area contributed by atoms with E-state index in [1.807, 2.05) is 28.8 Å². The molecule has 6 heteroatoms. The van der Waals surface area contributed by atoms with Gasteiger partial charge in [0.25, 0.3) is 0 Å². The highest BCUT2D eigenvalue weighted by molar-refractivity contribution is 7.98. The molecule has 0 amide bonds. The Bertz CT molecular complexity index is 743. The highest BCUT2D eigenvalue weighted by Crippen LogP contribution is 2.24. The first kappa shape index (κ1) is 14.1. The Labute approximate surface area is 130 Å². The summed E-state index contributed by atoms with van der Waals surface area (Å²) in [5, 5.41) is 9.49. The second-order valence-electron chi connectivity index (χ2n) is 4.38. The Hall–Kier alpha value is -1.85. The van der Waals surface area contributed by atoms with Crippen LogP contribution in [0.5, 0.6) is 0 Å². The van der Waals surface area contributed by atoms with Gasteiger partial charge in [-0.2, -0.15) is 0 Å². The first-order chi connectivity index (χ1) is 10.2. The molecule has 2 aromatic carbocycles. The van der Waals surface area contributed by atoms with Crippen molar-refractivity contribution in [3.63, 3.8) is 0 Å². The van der Waals surface area contributed by atoms with Crippen LogP contribution in [0.15, 0.2) is 60.0 Å². The van der Waals surface area contributed by atoms with E-state index in [1.165, 1.54) is 23.9 Å². The predicted molar refractivity (Wildman–Crippen MR) is 82.3 cm³/mol. The van der Waals surface area contributed by atoms with E-state index in [1.54, 1.807) is 18.5 Å². The van der Waals surface area contributed by atoms with E-state index >= 15 is 0 Å². The van der Waals surface area contributed by atoms with E-state index in [4.69, 9.17) is 11.6 Å². The molecule has 21 heavy (non-hydrogen) atoms. The molecule has 0 aliphatic carbocycles. The monoisotopic (exact) mass is 319 g/mol. The number of benzene rings is 2. The first-order valence-electron chi connectivity index (χ1n) is 6.25. The molecule has 0 N–H and O–H groups in total. The molecule has 3 nitrogen and oxygen atoms in total. The van der Waals surface area contributed by atoms with Crippen LogP contribution in [-0.2, 0) is 5.75 Å². The number of aromatic nitrogens is 3. The number of nitrogens with zero attached hydrogens (tertiary/aromatic N) is 3. The molecular weight excluding hydrogens is 309 g/mol. The van der Waals surface area contributed by atoms with Crippen molar-refractivity contribution in [3.05, 3.63) is 71.3 Å². The zero-order chi connectivity index (χ0) is 14.7. The number of hydrogen-bond acceptors (Lipinski definition) is 3. The molecule has 0 saturated heterocycles. The third kappa shape index (κ3) is 3.43. The average Bonchev–Trinajstić information content (AvgIpc) is 2.95. The average molecular weight is 320 g/mol. The van der Waals surface area contributed by atoms with Crippen LogP contribution >= 0.6 is 23.4 Å². The lowest BCUT2D eigenvalue weighted by atomic mass is 10.2. The van der Waals surface area contributed by atoms with Crippen molar-refractivity contribution in [1.29, 1.82) is 0 Å². The predicted octanol–water partition coefficient (Wildman–Crippen LogP) is 4.35. The van der Waals surface area contributed by atoms with Gasteiger partial charge in [-0.3, -0.25) is 4.57 Å². The van der Waals surface area contributed by atoms with E-state index in [2.05, 4.69) is 10.2 Å². The van der Waals surface area contributed by atoms with Gasteiger partial charge in [-0.25, -0.2) is 4.39 Å². The van der Waals surface area contributed by atoms with Gasteiger partial charge < -0.3 is 0 Å². The van der Waals surface area contributed by atoms with Crippen molar-refractivity contribution in [2.24, 2.45) is 0 Å². The lowest BCUT2D eigenvalue weighted by Crippen LogP contribution is -1.95. The summed E-state index contributed by atoms with van der Waals surface area (Å²) in [6.07, 6.45) is 1.65. The zero-order valence-corrected chi connectivity index (χ0v) is 12.5. The Morgan fingerprint density at radius 3 is 2.71 bits per heavy atom. The lowest BCUT2D eigenvalue weighted by molar-refractivity contribution is 0.627. The highest BCUT2D eigenvalue weighted by Gasteiger charge is 2.08. The number of hydrogen-bond donors (Lipinski definition) is 0. The number of rotatable bonds is 4. The third-order valence-electron chi connectivity index (χ3n) is 2.88. The van der Waals surface area contributed by atoms with Crippen molar-refractivity contribution in [2.45, 2.75) is 10.9 Å². The maximum absolute atomic E-state index is 12.9. The molecule has 0 unspecified atom stereocenters. The summed E-state index contributed by atoms with van der Waals surface area (Å²) >= 11 is 7.54. The number of halogens is 2. The summed E-state index contributed by atoms with van der Waals surface area (Å²) in [6, 6.07) is 13.9. The molecule has 1 aromatic heterocycles. The van der Waals surface area contributed by atoms with Gasteiger partial charge in [0.15, 0.2) is 5.16 Å². The first-order valence-corrected chi connectivity index (χ1v) is 7.62. The van der Waals surface area contributed by atoms with Gasteiger partial charge in [-0.05, 0) is 35.9 Å². The van der Waals surface area contributed by atoms with Crippen LogP contribution in [0.2, 0.25) is 5.02 Å². The maximum atomic E-state index is 12.9. The van der Waals surface area contributed by atoms with Crippen LogP contribution in [0, 0.1) is 5.82 Å². The molecular formula is C15H11ClFN3S. The van der Waals surface area contributed by atoms with Crippen molar-refractivity contribution in [3.8, 4) is 5.69 Å². The molecule has 0 bridgehead atoms. The van der Waals surface area contributed by atoms with Gasteiger partial charge in [-0.15, -0.1) is 10.2 Å². The van der Waals surface area contributed by atoms with Crippen molar-refractivity contribution in [2.75, 3.05) is 0 Å². The fourth-order valence-electron chi connectivity index (χ4n) is 1.85. The minimum Gasteiger partial charge on any atom is -0.277 e. The van der Waals surface area contributed by atoms with Crippen LogP contribution in [-0.4, -0.2) is 14.8 Å². The molecule has 0 saturated carbocycles. The lowest BCUT2D eigenvalue weighted by Gasteiger charge is -2.06.